The first-order valence-electron chi connectivity index (χ1n) is 8.91. The maximum absolute atomic E-state index is 12.5. The van der Waals surface area contributed by atoms with Crippen LogP contribution < -0.4 is 15.4 Å². The van der Waals surface area contributed by atoms with Crippen molar-refractivity contribution in [1.82, 2.24) is 25.4 Å². The predicted octanol–water partition coefficient (Wildman–Crippen LogP) is 2.55. The molecule has 0 aromatic carbocycles. The van der Waals surface area contributed by atoms with Gasteiger partial charge in [-0.15, -0.1) is 0 Å². The zero-order valence-electron chi connectivity index (χ0n) is 16.2. The molecule has 0 fully saturated rings. The number of alkyl halides is 3. The van der Waals surface area contributed by atoms with Crippen LogP contribution in [0, 0.1) is 13.8 Å². The molecule has 0 atom stereocenters. The van der Waals surface area contributed by atoms with Crippen molar-refractivity contribution in [3.8, 4) is 5.88 Å². The van der Waals surface area contributed by atoms with E-state index in [9.17, 15) is 13.2 Å². The van der Waals surface area contributed by atoms with Crippen molar-refractivity contribution in [3.63, 3.8) is 0 Å². The second-order valence-corrected chi connectivity index (χ2v) is 6.16. The molecular weight excluding hydrogens is 373 g/mol. The van der Waals surface area contributed by atoms with Gasteiger partial charge in [-0.1, -0.05) is 0 Å². The number of hydrogen-bond acceptors (Lipinski definition) is 4. The molecule has 0 radical (unpaired) electrons. The Labute approximate surface area is 162 Å². The lowest BCUT2D eigenvalue weighted by molar-refractivity contribution is -0.137. The SMILES string of the molecule is CN=C(NCCCn1nc(C)cc1C)NCCOc1ccc(C(F)(F)F)cn1. The van der Waals surface area contributed by atoms with Crippen molar-refractivity contribution in [2.24, 2.45) is 4.99 Å². The summed E-state index contributed by atoms with van der Waals surface area (Å²) in [6, 6.07) is 4.19. The number of pyridine rings is 1. The monoisotopic (exact) mass is 398 g/mol. The topological polar surface area (TPSA) is 76.4 Å². The first-order chi connectivity index (χ1) is 13.3. The molecule has 0 saturated carbocycles. The number of rotatable bonds is 8. The summed E-state index contributed by atoms with van der Waals surface area (Å²) in [6.45, 7) is 6.20. The van der Waals surface area contributed by atoms with Crippen LogP contribution in [-0.4, -0.2) is 47.5 Å². The van der Waals surface area contributed by atoms with Crippen molar-refractivity contribution in [3.05, 3.63) is 41.3 Å². The number of ether oxygens (including phenoxy) is 1. The van der Waals surface area contributed by atoms with E-state index in [1.165, 1.54) is 6.07 Å². The smallest absolute Gasteiger partial charge is 0.417 e. The van der Waals surface area contributed by atoms with E-state index in [-0.39, 0.29) is 12.5 Å². The summed E-state index contributed by atoms with van der Waals surface area (Å²) in [4.78, 5) is 7.77. The fourth-order valence-electron chi connectivity index (χ4n) is 2.52. The standard InChI is InChI=1S/C18H25F3N6O/c1-13-11-14(2)27(26-13)9-4-7-23-17(22-3)24-8-10-28-16-6-5-15(12-25-16)18(19,20)21/h5-6,11-12H,4,7-10H2,1-3H3,(H2,22,23,24). The molecule has 0 aliphatic heterocycles. The Morgan fingerprint density at radius 2 is 1.96 bits per heavy atom. The minimum Gasteiger partial charge on any atom is -0.476 e. The Balaban J connectivity index is 1.63. The number of aryl methyl sites for hydroxylation is 3. The summed E-state index contributed by atoms with van der Waals surface area (Å²) in [7, 11) is 1.66. The minimum absolute atomic E-state index is 0.141. The van der Waals surface area contributed by atoms with E-state index >= 15 is 0 Å². The molecule has 2 aromatic rings. The Morgan fingerprint density at radius 3 is 2.54 bits per heavy atom. The molecule has 2 heterocycles. The molecular formula is C18H25F3N6O. The summed E-state index contributed by atoms with van der Waals surface area (Å²) in [5.74, 6) is 0.764. The van der Waals surface area contributed by atoms with Crippen molar-refractivity contribution >= 4 is 5.96 Å². The fraction of sp³-hybridized carbons (Fsp3) is 0.500. The minimum atomic E-state index is -4.40. The van der Waals surface area contributed by atoms with E-state index in [1.54, 1.807) is 7.05 Å². The molecule has 0 bridgehead atoms. The summed E-state index contributed by atoms with van der Waals surface area (Å²) >= 11 is 0. The van der Waals surface area contributed by atoms with Gasteiger partial charge < -0.3 is 15.4 Å². The van der Waals surface area contributed by atoms with Crippen LogP contribution in [0.3, 0.4) is 0 Å². The van der Waals surface area contributed by atoms with Gasteiger partial charge in [-0.3, -0.25) is 9.67 Å². The van der Waals surface area contributed by atoms with Crippen LogP contribution in [-0.2, 0) is 12.7 Å². The Kier molecular flexibility index (Phi) is 7.65. The lowest BCUT2D eigenvalue weighted by Crippen LogP contribution is -2.39. The summed E-state index contributed by atoms with van der Waals surface area (Å²) in [5, 5.41) is 10.7. The van der Waals surface area contributed by atoms with Gasteiger partial charge in [0.2, 0.25) is 5.88 Å². The van der Waals surface area contributed by atoms with Gasteiger partial charge in [-0.2, -0.15) is 18.3 Å². The van der Waals surface area contributed by atoms with E-state index < -0.39 is 11.7 Å². The second-order valence-electron chi connectivity index (χ2n) is 6.16. The fourth-order valence-corrected chi connectivity index (χ4v) is 2.52. The molecule has 0 unspecified atom stereocenters. The maximum Gasteiger partial charge on any atom is 0.417 e. The average molecular weight is 398 g/mol. The largest absolute Gasteiger partial charge is 0.476 e. The van der Waals surface area contributed by atoms with Gasteiger partial charge in [0.25, 0.3) is 0 Å². The molecule has 2 rings (SSSR count). The normalized spacial score (nSPS) is 12.1. The molecule has 2 aromatic heterocycles. The number of aromatic nitrogens is 3. The van der Waals surface area contributed by atoms with Gasteiger partial charge in [-0.05, 0) is 32.4 Å². The zero-order chi connectivity index (χ0) is 20.6. The Bertz CT molecular complexity index is 771. The van der Waals surface area contributed by atoms with Gasteiger partial charge in [-0.25, -0.2) is 4.98 Å². The summed E-state index contributed by atoms with van der Waals surface area (Å²) in [6.07, 6.45) is -2.76. The van der Waals surface area contributed by atoms with Crippen LogP contribution in [0.25, 0.3) is 0 Å². The molecule has 2 N–H and O–H groups in total. The third-order valence-electron chi connectivity index (χ3n) is 3.87. The Hall–Kier alpha value is -2.78. The number of aliphatic imine (C=N–C) groups is 1. The second kappa shape index (κ2) is 9.95. The molecule has 0 amide bonds. The van der Waals surface area contributed by atoms with Gasteiger partial charge in [0.15, 0.2) is 5.96 Å². The highest BCUT2D eigenvalue weighted by Gasteiger charge is 2.30. The van der Waals surface area contributed by atoms with Gasteiger partial charge >= 0.3 is 6.18 Å². The molecule has 0 aliphatic carbocycles. The highest BCUT2D eigenvalue weighted by Crippen LogP contribution is 2.29. The van der Waals surface area contributed by atoms with E-state index in [4.69, 9.17) is 4.74 Å². The molecule has 0 saturated heterocycles. The Morgan fingerprint density at radius 1 is 1.21 bits per heavy atom. The molecule has 154 valence electrons. The van der Waals surface area contributed by atoms with Gasteiger partial charge in [0, 0.05) is 38.1 Å². The van der Waals surface area contributed by atoms with E-state index in [1.807, 2.05) is 24.6 Å². The van der Waals surface area contributed by atoms with Crippen LogP contribution in [0.5, 0.6) is 5.88 Å². The van der Waals surface area contributed by atoms with Crippen LogP contribution in [0.4, 0.5) is 13.2 Å². The van der Waals surface area contributed by atoms with Crippen molar-refractivity contribution in [1.29, 1.82) is 0 Å². The third-order valence-corrected chi connectivity index (χ3v) is 3.87. The summed E-state index contributed by atoms with van der Waals surface area (Å²) in [5.41, 5.74) is 1.34. The number of guanidine groups is 1. The summed E-state index contributed by atoms with van der Waals surface area (Å²) < 4.78 is 44.8. The van der Waals surface area contributed by atoms with Crippen LogP contribution in [0.1, 0.15) is 23.4 Å². The number of hydrogen-bond donors (Lipinski definition) is 2. The molecule has 7 nitrogen and oxygen atoms in total. The lowest BCUT2D eigenvalue weighted by atomic mass is 10.3. The predicted molar refractivity (Wildman–Crippen MR) is 100 cm³/mol. The average Bonchev–Trinajstić information content (AvgIpc) is 2.97. The van der Waals surface area contributed by atoms with Crippen LogP contribution in [0.2, 0.25) is 0 Å². The molecule has 0 aliphatic rings. The molecule has 28 heavy (non-hydrogen) atoms. The lowest BCUT2D eigenvalue weighted by Gasteiger charge is -2.13. The first-order valence-corrected chi connectivity index (χ1v) is 8.91. The highest BCUT2D eigenvalue weighted by molar-refractivity contribution is 5.79. The van der Waals surface area contributed by atoms with E-state index in [0.717, 1.165) is 43.2 Å². The number of nitrogens with zero attached hydrogens (tertiary/aromatic N) is 4. The van der Waals surface area contributed by atoms with Crippen molar-refractivity contribution in [2.75, 3.05) is 26.7 Å². The number of halogens is 3. The van der Waals surface area contributed by atoms with E-state index in [0.29, 0.717) is 12.5 Å². The van der Waals surface area contributed by atoms with E-state index in [2.05, 4.69) is 25.7 Å². The third kappa shape index (κ3) is 6.75. The van der Waals surface area contributed by atoms with Gasteiger partial charge in [0.05, 0.1) is 17.8 Å². The quantitative estimate of drug-likeness (QED) is 0.406. The van der Waals surface area contributed by atoms with Gasteiger partial charge in [0.1, 0.15) is 6.61 Å². The van der Waals surface area contributed by atoms with Crippen molar-refractivity contribution in [2.45, 2.75) is 33.0 Å². The number of nitrogens with one attached hydrogen (secondary N) is 2. The maximum atomic E-state index is 12.5. The first kappa shape index (κ1) is 21.5. The molecule has 10 heteroatoms. The molecule has 0 spiro atoms. The van der Waals surface area contributed by atoms with Crippen LogP contribution >= 0.6 is 0 Å². The highest BCUT2D eigenvalue weighted by atomic mass is 19.4. The van der Waals surface area contributed by atoms with Crippen LogP contribution in [0.15, 0.2) is 29.4 Å². The van der Waals surface area contributed by atoms with Crippen molar-refractivity contribution < 1.29 is 17.9 Å². The zero-order valence-corrected chi connectivity index (χ0v) is 16.2.